The number of para-hydroxylation sites is 1. The molecule has 1 atom stereocenters. The Morgan fingerprint density at radius 2 is 2.00 bits per heavy atom. The van der Waals surface area contributed by atoms with Crippen LogP contribution in [0.15, 0.2) is 59.7 Å². The Morgan fingerprint density at radius 1 is 1.21 bits per heavy atom. The molecule has 9 heteroatoms. The van der Waals surface area contributed by atoms with Crippen molar-refractivity contribution < 1.29 is 24.6 Å². The third kappa shape index (κ3) is 6.65. The number of ether oxygens (including phenoxy) is 1. The van der Waals surface area contributed by atoms with Crippen LogP contribution in [0.2, 0.25) is 0 Å². The molecular weight excluding hydrogens is 364 g/mol. The minimum atomic E-state index is -1.21. The highest BCUT2D eigenvalue weighted by Gasteiger charge is 2.06. The molecule has 0 radical (unpaired) electrons. The van der Waals surface area contributed by atoms with Crippen LogP contribution in [0.1, 0.15) is 21.5 Å². The predicted octanol–water partition coefficient (Wildman–Crippen LogP) is 0.625. The number of carbonyl (C=O) groups excluding carboxylic acids is 2. The normalized spacial score (nSPS) is 12.2. The van der Waals surface area contributed by atoms with E-state index in [0.29, 0.717) is 22.4 Å². The molecule has 0 aliphatic carbocycles. The number of hydroxylamine groups is 1. The van der Waals surface area contributed by atoms with Crippen molar-refractivity contribution in [1.29, 1.82) is 0 Å². The van der Waals surface area contributed by atoms with Gasteiger partial charge in [-0.05, 0) is 35.9 Å². The second-order valence-electron chi connectivity index (χ2n) is 5.55. The maximum atomic E-state index is 12.2. The zero-order chi connectivity index (χ0) is 20.4. The highest BCUT2D eigenvalue weighted by atomic mass is 16.5. The number of aliphatic hydroxyl groups is 1. The fourth-order valence-corrected chi connectivity index (χ4v) is 2.12. The lowest BCUT2D eigenvalue weighted by Gasteiger charge is -2.06. The lowest BCUT2D eigenvalue weighted by molar-refractivity contribution is -0.119. The summed E-state index contributed by atoms with van der Waals surface area (Å²) in [5.74, 6) is -0.637. The smallest absolute Gasteiger partial charge is 0.271 e. The molecule has 0 aliphatic heterocycles. The molecule has 2 amide bonds. The van der Waals surface area contributed by atoms with E-state index in [4.69, 9.17) is 15.7 Å². The van der Waals surface area contributed by atoms with E-state index in [1.807, 2.05) is 0 Å². The van der Waals surface area contributed by atoms with E-state index < -0.39 is 18.0 Å². The largest absolute Gasteiger partial charge is 0.483 e. The fraction of sp³-hybridized carbons (Fsp3) is 0.105. The summed E-state index contributed by atoms with van der Waals surface area (Å²) in [5.41, 5.74) is 10.7. The highest BCUT2D eigenvalue weighted by Crippen LogP contribution is 2.15. The molecule has 0 heterocycles. The van der Waals surface area contributed by atoms with Crippen LogP contribution in [0.3, 0.4) is 0 Å². The van der Waals surface area contributed by atoms with Crippen LogP contribution in [0.4, 0.5) is 0 Å². The fourth-order valence-electron chi connectivity index (χ4n) is 2.12. The number of amides is 2. The van der Waals surface area contributed by atoms with Gasteiger partial charge in [-0.2, -0.15) is 10.6 Å². The van der Waals surface area contributed by atoms with Crippen LogP contribution in [0.25, 0.3) is 6.08 Å². The van der Waals surface area contributed by atoms with Gasteiger partial charge in [0.1, 0.15) is 12.0 Å². The molecule has 6 N–H and O–H groups in total. The first-order chi connectivity index (χ1) is 13.5. The molecule has 0 saturated heterocycles. The van der Waals surface area contributed by atoms with Gasteiger partial charge in [0, 0.05) is 11.1 Å². The van der Waals surface area contributed by atoms with Crippen LogP contribution in [0.5, 0.6) is 5.75 Å². The lowest BCUT2D eigenvalue weighted by atomic mass is 10.1. The van der Waals surface area contributed by atoms with Crippen LogP contribution in [-0.2, 0) is 4.79 Å². The number of hydrogen-bond donors (Lipinski definition) is 5. The minimum absolute atomic E-state index is 0.266. The summed E-state index contributed by atoms with van der Waals surface area (Å²) in [7, 11) is 0. The number of nitrogens with zero attached hydrogens (tertiary/aromatic N) is 1. The van der Waals surface area contributed by atoms with Gasteiger partial charge in [-0.3, -0.25) is 9.59 Å². The first-order valence-corrected chi connectivity index (χ1v) is 8.19. The average molecular weight is 384 g/mol. The maximum absolute atomic E-state index is 12.2. The minimum Gasteiger partial charge on any atom is -0.483 e. The number of benzene rings is 2. The van der Waals surface area contributed by atoms with E-state index in [-0.39, 0.29) is 6.61 Å². The van der Waals surface area contributed by atoms with E-state index in [9.17, 15) is 14.7 Å². The van der Waals surface area contributed by atoms with Crippen molar-refractivity contribution in [2.75, 3.05) is 6.61 Å². The number of hydrogen-bond acceptors (Lipinski definition) is 7. The molecule has 0 fully saturated rings. The van der Waals surface area contributed by atoms with Crippen molar-refractivity contribution in [2.24, 2.45) is 10.8 Å². The summed E-state index contributed by atoms with van der Waals surface area (Å²) in [4.78, 5) is 23.1. The predicted molar refractivity (Wildman–Crippen MR) is 103 cm³/mol. The molecule has 1 unspecified atom stereocenters. The molecule has 146 valence electrons. The number of primary amides is 1. The average Bonchev–Trinajstić information content (AvgIpc) is 2.71. The van der Waals surface area contributed by atoms with Crippen molar-refractivity contribution >= 4 is 24.1 Å². The van der Waals surface area contributed by atoms with Crippen molar-refractivity contribution in [1.82, 2.24) is 10.9 Å². The lowest BCUT2D eigenvalue weighted by Crippen LogP contribution is -2.21. The summed E-state index contributed by atoms with van der Waals surface area (Å²) in [6.45, 7) is -0.266. The van der Waals surface area contributed by atoms with Gasteiger partial charge in [-0.1, -0.05) is 30.3 Å². The standard InChI is InChI=1S/C19H20N4O5/c20-17(24)12-28-16-7-2-1-5-15(16)11-21-22-19(26)14-6-3-4-13(10-14)8-9-18(25)23-27/h1-11,18,23,25,27H,12H2,(H2,20,24)(H,22,26)/b9-8+,21-11+. The summed E-state index contributed by atoms with van der Waals surface area (Å²) in [6, 6.07) is 13.4. The van der Waals surface area contributed by atoms with E-state index in [0.717, 1.165) is 0 Å². The molecule has 0 bridgehead atoms. The molecule has 28 heavy (non-hydrogen) atoms. The summed E-state index contributed by atoms with van der Waals surface area (Å²) < 4.78 is 5.28. The van der Waals surface area contributed by atoms with Gasteiger partial charge < -0.3 is 20.8 Å². The SMILES string of the molecule is NC(=O)COc1ccccc1/C=N/NC(=O)c1cccc(/C=C/C(O)NO)c1. The van der Waals surface area contributed by atoms with Gasteiger partial charge in [0.25, 0.3) is 11.8 Å². The van der Waals surface area contributed by atoms with E-state index in [2.05, 4.69) is 10.5 Å². The molecule has 0 saturated carbocycles. The quantitative estimate of drug-likeness (QED) is 0.243. The number of carbonyl (C=O) groups is 2. The molecule has 2 aromatic carbocycles. The van der Waals surface area contributed by atoms with Crippen molar-refractivity contribution in [3.63, 3.8) is 0 Å². The van der Waals surface area contributed by atoms with Gasteiger partial charge in [0.05, 0.1) is 6.21 Å². The zero-order valence-electron chi connectivity index (χ0n) is 14.8. The van der Waals surface area contributed by atoms with Crippen LogP contribution in [0, 0.1) is 0 Å². The van der Waals surface area contributed by atoms with Gasteiger partial charge in [-0.15, -0.1) is 0 Å². The number of nitrogens with one attached hydrogen (secondary N) is 2. The van der Waals surface area contributed by atoms with E-state index in [1.54, 1.807) is 60.1 Å². The third-order valence-electron chi connectivity index (χ3n) is 3.41. The first kappa shape index (κ1) is 20.8. The third-order valence-corrected chi connectivity index (χ3v) is 3.41. The van der Waals surface area contributed by atoms with Gasteiger partial charge in [-0.25, -0.2) is 5.43 Å². The van der Waals surface area contributed by atoms with E-state index in [1.165, 1.54) is 12.3 Å². The van der Waals surface area contributed by atoms with Crippen molar-refractivity contribution in [3.05, 3.63) is 71.3 Å². The molecule has 0 aliphatic rings. The van der Waals surface area contributed by atoms with E-state index >= 15 is 0 Å². The number of nitrogens with two attached hydrogens (primary N) is 1. The monoisotopic (exact) mass is 384 g/mol. The Balaban J connectivity index is 2.02. The molecule has 9 nitrogen and oxygen atoms in total. The Kier molecular flexibility index (Phi) is 7.85. The summed E-state index contributed by atoms with van der Waals surface area (Å²) in [6.07, 6.45) is 3.04. The number of rotatable bonds is 9. The van der Waals surface area contributed by atoms with Crippen LogP contribution in [-0.4, -0.2) is 41.2 Å². The molecular formula is C19H20N4O5. The maximum Gasteiger partial charge on any atom is 0.271 e. The Morgan fingerprint density at radius 3 is 2.75 bits per heavy atom. The van der Waals surface area contributed by atoms with Crippen molar-refractivity contribution in [3.8, 4) is 5.75 Å². The topological polar surface area (TPSA) is 146 Å². The van der Waals surface area contributed by atoms with Crippen LogP contribution < -0.4 is 21.4 Å². The molecule has 2 aromatic rings. The first-order valence-electron chi connectivity index (χ1n) is 8.19. The Hall–Kier alpha value is -3.53. The second kappa shape index (κ2) is 10.6. The summed E-state index contributed by atoms with van der Waals surface area (Å²) in [5, 5.41) is 21.7. The Labute approximate surface area is 161 Å². The van der Waals surface area contributed by atoms with Crippen molar-refractivity contribution in [2.45, 2.75) is 6.23 Å². The molecule has 2 rings (SSSR count). The zero-order valence-corrected chi connectivity index (χ0v) is 14.8. The number of aliphatic hydroxyl groups excluding tert-OH is 1. The molecule has 0 aromatic heterocycles. The second-order valence-corrected chi connectivity index (χ2v) is 5.55. The van der Waals surface area contributed by atoms with Gasteiger partial charge >= 0.3 is 0 Å². The van der Waals surface area contributed by atoms with Gasteiger partial charge in [0.15, 0.2) is 6.61 Å². The highest BCUT2D eigenvalue weighted by molar-refractivity contribution is 5.95. The molecule has 0 spiro atoms. The number of hydrazone groups is 1. The van der Waals surface area contributed by atoms with Gasteiger partial charge in [0.2, 0.25) is 0 Å². The summed E-state index contributed by atoms with van der Waals surface area (Å²) >= 11 is 0. The Bertz CT molecular complexity index is 882. The van der Waals surface area contributed by atoms with Crippen LogP contribution >= 0.6 is 0 Å².